The molecule has 0 aromatic heterocycles. The predicted molar refractivity (Wildman–Crippen MR) is 87.7 cm³/mol. The molecule has 0 saturated carbocycles. The summed E-state index contributed by atoms with van der Waals surface area (Å²) in [6.45, 7) is 10.1. The smallest absolute Gasteiger partial charge is 0.00160 e. The van der Waals surface area contributed by atoms with Gasteiger partial charge in [0.05, 0.1) is 0 Å². The van der Waals surface area contributed by atoms with E-state index in [-0.39, 0.29) is 0 Å². The highest BCUT2D eigenvalue weighted by atomic mass is 15.1. The number of hydrogen-bond acceptors (Lipinski definition) is 2. The fraction of sp³-hybridized carbons (Fsp3) is 0.882. The van der Waals surface area contributed by atoms with Gasteiger partial charge in [-0.3, -0.25) is 0 Å². The standard InChI is InChI=1S/C15H29N.C2H7N/c1-3-5-6-7-8-12-16-13-10-15(9-4-2)11-14-16;1-3-2/h4,15H,2-3,5-14H2,1H3;3H,1-2H3. The summed E-state index contributed by atoms with van der Waals surface area (Å²) in [6.07, 6.45) is 13.1. The first-order chi connectivity index (χ1) is 9.28. The van der Waals surface area contributed by atoms with Crippen LogP contribution < -0.4 is 5.32 Å². The molecule has 0 aliphatic carbocycles. The van der Waals surface area contributed by atoms with Crippen LogP contribution in [0.5, 0.6) is 0 Å². The quantitative estimate of drug-likeness (QED) is 0.527. The van der Waals surface area contributed by atoms with Crippen molar-refractivity contribution in [3.05, 3.63) is 12.7 Å². The maximum Gasteiger partial charge on any atom is -0.00160 e. The highest BCUT2D eigenvalue weighted by Crippen LogP contribution is 2.20. The Labute approximate surface area is 121 Å². The Balaban J connectivity index is 0.000000982. The summed E-state index contributed by atoms with van der Waals surface area (Å²) >= 11 is 0. The van der Waals surface area contributed by atoms with Crippen LogP contribution in [-0.4, -0.2) is 38.6 Å². The molecule has 0 bridgehead atoms. The van der Waals surface area contributed by atoms with Gasteiger partial charge >= 0.3 is 0 Å². The van der Waals surface area contributed by atoms with Crippen LogP contribution in [0.3, 0.4) is 0 Å². The van der Waals surface area contributed by atoms with Crippen molar-refractivity contribution in [2.45, 2.75) is 58.3 Å². The number of rotatable bonds is 8. The van der Waals surface area contributed by atoms with E-state index in [4.69, 9.17) is 0 Å². The fourth-order valence-electron chi connectivity index (χ4n) is 2.62. The van der Waals surface area contributed by atoms with E-state index in [0.717, 1.165) is 5.92 Å². The van der Waals surface area contributed by atoms with Gasteiger partial charge in [0.15, 0.2) is 0 Å². The Bertz CT molecular complexity index is 184. The Morgan fingerprint density at radius 2 is 1.68 bits per heavy atom. The molecule has 1 N–H and O–H groups in total. The molecule has 2 nitrogen and oxygen atoms in total. The van der Waals surface area contributed by atoms with E-state index < -0.39 is 0 Å². The molecule has 1 aliphatic rings. The fourth-order valence-corrected chi connectivity index (χ4v) is 2.62. The monoisotopic (exact) mass is 268 g/mol. The number of nitrogens with one attached hydrogen (secondary N) is 1. The molecule has 1 fully saturated rings. The van der Waals surface area contributed by atoms with Gasteiger partial charge in [-0.25, -0.2) is 0 Å². The SMILES string of the molecule is C=CCC1CCN(CCCCCCC)CC1.CNC. The molecule has 0 spiro atoms. The Kier molecular flexibility index (Phi) is 13.8. The van der Waals surface area contributed by atoms with Crippen molar-refractivity contribution in [2.24, 2.45) is 5.92 Å². The van der Waals surface area contributed by atoms with Gasteiger partial charge in [0.25, 0.3) is 0 Å². The van der Waals surface area contributed by atoms with Gasteiger partial charge < -0.3 is 10.2 Å². The predicted octanol–water partition coefficient (Wildman–Crippen LogP) is 4.08. The number of allylic oxidation sites excluding steroid dienone is 1. The molecule has 0 radical (unpaired) electrons. The molecular weight excluding hydrogens is 232 g/mol. The van der Waals surface area contributed by atoms with Gasteiger partial charge in [-0.1, -0.05) is 38.7 Å². The molecule has 19 heavy (non-hydrogen) atoms. The van der Waals surface area contributed by atoms with E-state index in [0.29, 0.717) is 0 Å². The van der Waals surface area contributed by atoms with Crippen molar-refractivity contribution in [3.63, 3.8) is 0 Å². The molecule has 1 aliphatic heterocycles. The molecule has 0 atom stereocenters. The lowest BCUT2D eigenvalue weighted by Gasteiger charge is -2.31. The Hall–Kier alpha value is -0.340. The van der Waals surface area contributed by atoms with Crippen LogP contribution >= 0.6 is 0 Å². The van der Waals surface area contributed by atoms with E-state index in [9.17, 15) is 0 Å². The topological polar surface area (TPSA) is 15.3 Å². The number of piperidine rings is 1. The third kappa shape index (κ3) is 11.2. The molecule has 114 valence electrons. The minimum Gasteiger partial charge on any atom is -0.323 e. The van der Waals surface area contributed by atoms with Crippen LogP contribution in [0.25, 0.3) is 0 Å². The summed E-state index contributed by atoms with van der Waals surface area (Å²) in [5.74, 6) is 0.925. The van der Waals surface area contributed by atoms with Crippen molar-refractivity contribution < 1.29 is 0 Å². The van der Waals surface area contributed by atoms with Crippen LogP contribution in [-0.2, 0) is 0 Å². The summed E-state index contributed by atoms with van der Waals surface area (Å²) < 4.78 is 0. The van der Waals surface area contributed by atoms with Crippen LogP contribution in [0.4, 0.5) is 0 Å². The van der Waals surface area contributed by atoms with Crippen molar-refractivity contribution in [2.75, 3.05) is 33.7 Å². The minimum absolute atomic E-state index is 0.925. The maximum absolute atomic E-state index is 3.84. The normalized spacial score (nSPS) is 16.8. The van der Waals surface area contributed by atoms with Gasteiger partial charge in [-0.15, -0.1) is 6.58 Å². The van der Waals surface area contributed by atoms with Gasteiger partial charge in [0, 0.05) is 0 Å². The lowest BCUT2D eigenvalue weighted by atomic mass is 9.93. The zero-order valence-electron chi connectivity index (χ0n) is 13.6. The molecule has 0 aromatic rings. The molecule has 2 heteroatoms. The highest BCUT2D eigenvalue weighted by Gasteiger charge is 2.17. The third-order valence-corrected chi connectivity index (χ3v) is 3.79. The second kappa shape index (κ2) is 14.1. The first kappa shape index (κ1) is 18.7. The first-order valence-corrected chi connectivity index (χ1v) is 8.20. The maximum atomic E-state index is 3.84. The molecule has 0 amide bonds. The van der Waals surface area contributed by atoms with Crippen LogP contribution in [0.15, 0.2) is 12.7 Å². The zero-order valence-corrected chi connectivity index (χ0v) is 13.6. The molecule has 0 aromatic carbocycles. The van der Waals surface area contributed by atoms with E-state index in [1.807, 2.05) is 14.1 Å². The van der Waals surface area contributed by atoms with Crippen LogP contribution in [0.2, 0.25) is 0 Å². The number of unbranched alkanes of at least 4 members (excludes halogenated alkanes) is 4. The third-order valence-electron chi connectivity index (χ3n) is 3.79. The van der Waals surface area contributed by atoms with Gasteiger partial charge in [-0.2, -0.15) is 0 Å². The van der Waals surface area contributed by atoms with Crippen molar-refractivity contribution in [3.8, 4) is 0 Å². The molecular formula is C17H36N2. The Morgan fingerprint density at radius 1 is 1.11 bits per heavy atom. The average molecular weight is 268 g/mol. The van der Waals surface area contributed by atoms with Gasteiger partial charge in [0.2, 0.25) is 0 Å². The average Bonchev–Trinajstić information content (AvgIpc) is 2.42. The summed E-state index contributed by atoms with van der Waals surface area (Å²) in [5, 5.41) is 2.75. The molecule has 0 unspecified atom stereocenters. The first-order valence-electron chi connectivity index (χ1n) is 8.20. The highest BCUT2D eigenvalue weighted by molar-refractivity contribution is 4.78. The molecule has 1 saturated heterocycles. The van der Waals surface area contributed by atoms with E-state index >= 15 is 0 Å². The van der Waals surface area contributed by atoms with E-state index in [1.54, 1.807) is 0 Å². The number of likely N-dealkylation sites (tertiary alicyclic amines) is 1. The summed E-state index contributed by atoms with van der Waals surface area (Å²) in [7, 11) is 3.75. The molecule has 1 rings (SSSR count). The minimum atomic E-state index is 0.925. The summed E-state index contributed by atoms with van der Waals surface area (Å²) in [5.41, 5.74) is 0. The second-order valence-corrected chi connectivity index (χ2v) is 5.72. The van der Waals surface area contributed by atoms with Crippen LogP contribution in [0, 0.1) is 5.92 Å². The Morgan fingerprint density at radius 3 is 2.21 bits per heavy atom. The van der Waals surface area contributed by atoms with Gasteiger partial charge in [0.1, 0.15) is 0 Å². The van der Waals surface area contributed by atoms with Crippen molar-refractivity contribution >= 4 is 0 Å². The summed E-state index contributed by atoms with van der Waals surface area (Å²) in [6, 6.07) is 0. The van der Waals surface area contributed by atoms with Gasteiger partial charge in [-0.05, 0) is 65.3 Å². The van der Waals surface area contributed by atoms with Crippen LogP contribution in [0.1, 0.15) is 58.3 Å². The largest absolute Gasteiger partial charge is 0.323 e. The number of hydrogen-bond donors (Lipinski definition) is 1. The number of nitrogens with zero attached hydrogens (tertiary/aromatic N) is 1. The zero-order chi connectivity index (χ0) is 14.3. The van der Waals surface area contributed by atoms with Crippen molar-refractivity contribution in [1.82, 2.24) is 10.2 Å². The lowest BCUT2D eigenvalue weighted by Crippen LogP contribution is -2.34. The summed E-state index contributed by atoms with van der Waals surface area (Å²) in [4.78, 5) is 2.66. The second-order valence-electron chi connectivity index (χ2n) is 5.72. The lowest BCUT2D eigenvalue weighted by molar-refractivity contribution is 0.182. The van der Waals surface area contributed by atoms with Crippen molar-refractivity contribution in [1.29, 1.82) is 0 Å². The van der Waals surface area contributed by atoms with E-state index in [2.05, 4.69) is 29.8 Å². The molecule has 1 heterocycles. The van der Waals surface area contributed by atoms with E-state index in [1.165, 1.54) is 71.0 Å².